The van der Waals surface area contributed by atoms with Crippen LogP contribution in [-0.2, 0) is 10.3 Å². The number of halogens is 1. The molecule has 0 radical (unpaired) electrons. The molecule has 7 heteroatoms. The van der Waals surface area contributed by atoms with E-state index in [1.54, 1.807) is 12.4 Å². The molecule has 2 aromatic heterocycles. The first-order valence-corrected chi connectivity index (χ1v) is 10.5. The summed E-state index contributed by atoms with van der Waals surface area (Å²) in [6, 6.07) is 13.2. The monoisotopic (exact) mass is 445 g/mol. The lowest BCUT2D eigenvalue weighted by atomic mass is 10.00. The maximum absolute atomic E-state index is 12.8. The molecule has 0 aliphatic heterocycles. The molecular formula is C20H20BrN3O2S. The van der Waals surface area contributed by atoms with E-state index in [9.17, 15) is 4.79 Å². The number of nitrogens with one attached hydrogen (secondary N) is 1. The highest BCUT2D eigenvalue weighted by atomic mass is 79.9. The molecule has 0 spiro atoms. The minimum absolute atomic E-state index is 0.203. The summed E-state index contributed by atoms with van der Waals surface area (Å²) < 4.78 is 6.83. The number of hydrogen-bond acceptors (Lipinski definition) is 5. The molecule has 0 aliphatic rings. The average molecular weight is 446 g/mol. The smallest absolute Gasteiger partial charge is 0.272 e. The molecule has 5 nitrogen and oxygen atoms in total. The van der Waals surface area contributed by atoms with Gasteiger partial charge in [-0.3, -0.25) is 14.8 Å². The van der Waals surface area contributed by atoms with E-state index in [1.165, 1.54) is 11.8 Å². The van der Waals surface area contributed by atoms with E-state index < -0.39 is 11.0 Å². The summed E-state index contributed by atoms with van der Waals surface area (Å²) in [5.41, 5.74) is 0.380. The summed E-state index contributed by atoms with van der Waals surface area (Å²) in [4.78, 5) is 21.5. The summed E-state index contributed by atoms with van der Waals surface area (Å²) in [5.74, 6) is 0.415. The van der Waals surface area contributed by atoms with Crippen LogP contribution in [0.25, 0.3) is 10.9 Å². The maximum atomic E-state index is 12.8. The molecular weight excluding hydrogens is 426 g/mol. The highest BCUT2D eigenvalue weighted by Crippen LogP contribution is 2.25. The van der Waals surface area contributed by atoms with Gasteiger partial charge in [0, 0.05) is 22.3 Å². The lowest BCUT2D eigenvalue weighted by Crippen LogP contribution is -2.47. The van der Waals surface area contributed by atoms with E-state index in [2.05, 4.69) is 31.2 Å². The molecule has 1 aromatic carbocycles. The van der Waals surface area contributed by atoms with Crippen LogP contribution < -0.4 is 10.1 Å². The highest BCUT2D eigenvalue weighted by Gasteiger charge is 2.29. The SMILES string of the molecule is CSC(Oc1ccc2ncc(Br)cc2c1)C(=O)NC(C)(C)c1ccccn1. The van der Waals surface area contributed by atoms with Crippen molar-refractivity contribution in [1.82, 2.24) is 15.3 Å². The van der Waals surface area contributed by atoms with E-state index in [0.717, 1.165) is 21.1 Å². The Hall–Kier alpha value is -2.12. The lowest BCUT2D eigenvalue weighted by molar-refractivity contribution is -0.126. The molecule has 3 aromatic rings. The van der Waals surface area contributed by atoms with Gasteiger partial charge in [0.05, 0.1) is 16.7 Å². The summed E-state index contributed by atoms with van der Waals surface area (Å²) in [5, 5.41) is 3.96. The van der Waals surface area contributed by atoms with E-state index in [-0.39, 0.29) is 5.91 Å². The number of amides is 1. The van der Waals surface area contributed by atoms with Gasteiger partial charge in [-0.2, -0.15) is 0 Å². The number of nitrogens with zero attached hydrogens (tertiary/aromatic N) is 2. The predicted molar refractivity (Wildman–Crippen MR) is 113 cm³/mol. The molecule has 0 saturated carbocycles. The molecule has 1 N–H and O–H groups in total. The molecule has 0 bridgehead atoms. The van der Waals surface area contributed by atoms with E-state index in [1.807, 2.05) is 62.6 Å². The van der Waals surface area contributed by atoms with Gasteiger partial charge in [0.25, 0.3) is 5.91 Å². The number of carbonyl (C=O) groups is 1. The number of fused-ring (bicyclic) bond motifs is 1. The molecule has 3 rings (SSSR count). The Kier molecular flexibility index (Phi) is 6.01. The summed E-state index contributed by atoms with van der Waals surface area (Å²) >= 11 is 4.76. The van der Waals surface area contributed by atoms with Crippen molar-refractivity contribution in [3.05, 3.63) is 65.0 Å². The molecule has 0 saturated heterocycles. The van der Waals surface area contributed by atoms with Gasteiger partial charge in [-0.1, -0.05) is 6.07 Å². The van der Waals surface area contributed by atoms with Gasteiger partial charge in [0.1, 0.15) is 5.75 Å². The Labute approximate surface area is 171 Å². The fraction of sp³-hybridized carbons (Fsp3) is 0.250. The first-order valence-electron chi connectivity index (χ1n) is 8.37. The normalized spacial score (nSPS) is 12.6. The predicted octanol–water partition coefficient (Wildman–Crippen LogP) is 4.51. The van der Waals surface area contributed by atoms with Crippen molar-refractivity contribution in [2.45, 2.75) is 24.8 Å². The van der Waals surface area contributed by atoms with Crippen molar-refractivity contribution in [3.63, 3.8) is 0 Å². The first kappa shape index (κ1) is 19.6. The Bertz CT molecular complexity index is 950. The van der Waals surface area contributed by atoms with Crippen LogP contribution in [0.1, 0.15) is 19.5 Å². The number of benzene rings is 1. The molecule has 140 valence electrons. The molecule has 1 unspecified atom stereocenters. The zero-order valence-corrected chi connectivity index (χ0v) is 17.7. The average Bonchev–Trinajstić information content (AvgIpc) is 2.66. The quantitative estimate of drug-likeness (QED) is 0.565. The summed E-state index contributed by atoms with van der Waals surface area (Å²) in [6.45, 7) is 3.84. The topological polar surface area (TPSA) is 64.1 Å². The standard InChI is InChI=1S/C20H20BrN3O2S/c1-20(2,17-6-4-5-9-22-17)24-18(25)19(27-3)26-15-7-8-16-13(11-15)10-14(21)12-23-16/h4-12,19H,1-3H3,(H,24,25). The lowest BCUT2D eigenvalue weighted by Gasteiger charge is -2.28. The summed E-state index contributed by atoms with van der Waals surface area (Å²) in [6.07, 6.45) is 5.31. The number of rotatable bonds is 6. The van der Waals surface area contributed by atoms with Gasteiger partial charge in [-0.15, -0.1) is 11.8 Å². The Balaban J connectivity index is 1.75. The van der Waals surface area contributed by atoms with Crippen LogP contribution in [0.15, 0.2) is 59.3 Å². The van der Waals surface area contributed by atoms with Gasteiger partial charge < -0.3 is 10.1 Å². The number of thioether (sulfide) groups is 1. The van der Waals surface area contributed by atoms with Gasteiger partial charge in [-0.05, 0) is 72.4 Å². The van der Waals surface area contributed by atoms with Crippen molar-refractivity contribution < 1.29 is 9.53 Å². The Morgan fingerprint density at radius 2 is 2.04 bits per heavy atom. The molecule has 0 fully saturated rings. The van der Waals surface area contributed by atoms with E-state index in [0.29, 0.717) is 5.75 Å². The van der Waals surface area contributed by atoms with Gasteiger partial charge in [-0.25, -0.2) is 0 Å². The second-order valence-electron chi connectivity index (χ2n) is 6.52. The van der Waals surface area contributed by atoms with Crippen LogP contribution in [0.3, 0.4) is 0 Å². The van der Waals surface area contributed by atoms with Crippen LogP contribution in [0.4, 0.5) is 0 Å². The minimum atomic E-state index is -0.675. The number of aromatic nitrogens is 2. The number of hydrogen-bond donors (Lipinski definition) is 1. The second-order valence-corrected chi connectivity index (χ2v) is 8.34. The van der Waals surface area contributed by atoms with Crippen LogP contribution in [-0.4, -0.2) is 27.6 Å². The zero-order valence-electron chi connectivity index (χ0n) is 15.3. The molecule has 27 heavy (non-hydrogen) atoms. The third kappa shape index (κ3) is 4.78. The van der Waals surface area contributed by atoms with Crippen molar-refractivity contribution in [1.29, 1.82) is 0 Å². The number of ether oxygens (including phenoxy) is 1. The number of pyridine rings is 2. The second kappa shape index (κ2) is 8.27. The van der Waals surface area contributed by atoms with Crippen molar-refractivity contribution in [2.24, 2.45) is 0 Å². The van der Waals surface area contributed by atoms with Crippen LogP contribution in [0.2, 0.25) is 0 Å². The van der Waals surface area contributed by atoms with E-state index >= 15 is 0 Å². The van der Waals surface area contributed by atoms with Crippen molar-refractivity contribution >= 4 is 44.5 Å². The van der Waals surface area contributed by atoms with Crippen LogP contribution in [0.5, 0.6) is 5.75 Å². The molecule has 1 amide bonds. The van der Waals surface area contributed by atoms with Crippen molar-refractivity contribution in [3.8, 4) is 5.75 Å². The van der Waals surface area contributed by atoms with Crippen molar-refractivity contribution in [2.75, 3.05) is 6.26 Å². The largest absolute Gasteiger partial charge is 0.470 e. The summed E-state index contributed by atoms with van der Waals surface area (Å²) in [7, 11) is 0. The molecule has 2 heterocycles. The van der Waals surface area contributed by atoms with Gasteiger partial charge in [0.15, 0.2) is 0 Å². The van der Waals surface area contributed by atoms with Gasteiger partial charge >= 0.3 is 0 Å². The Morgan fingerprint density at radius 1 is 1.22 bits per heavy atom. The Morgan fingerprint density at radius 3 is 2.74 bits per heavy atom. The zero-order chi connectivity index (χ0) is 19.4. The van der Waals surface area contributed by atoms with Crippen LogP contribution in [0, 0.1) is 0 Å². The minimum Gasteiger partial charge on any atom is -0.470 e. The number of carbonyl (C=O) groups excluding carboxylic acids is 1. The molecule has 0 aliphatic carbocycles. The fourth-order valence-corrected chi connectivity index (χ4v) is 3.48. The third-order valence-corrected chi connectivity index (χ3v) is 5.20. The fourth-order valence-electron chi connectivity index (χ4n) is 2.65. The van der Waals surface area contributed by atoms with Crippen LogP contribution >= 0.6 is 27.7 Å². The first-order chi connectivity index (χ1) is 12.9. The third-order valence-electron chi connectivity index (χ3n) is 4.03. The highest BCUT2D eigenvalue weighted by molar-refractivity contribution is 9.10. The maximum Gasteiger partial charge on any atom is 0.272 e. The van der Waals surface area contributed by atoms with E-state index in [4.69, 9.17) is 4.74 Å². The molecule has 1 atom stereocenters. The van der Waals surface area contributed by atoms with Gasteiger partial charge in [0.2, 0.25) is 5.44 Å².